The number of benzene rings is 1. The van der Waals surface area contributed by atoms with Crippen LogP contribution in [0.4, 0.5) is 8.78 Å². The first-order chi connectivity index (χ1) is 14.5. The molecule has 1 atom stereocenters. The summed E-state index contributed by atoms with van der Waals surface area (Å²) in [7, 11) is 0. The molecule has 0 spiro atoms. The molecule has 3 aromatic rings. The van der Waals surface area contributed by atoms with E-state index in [0.29, 0.717) is 22.8 Å². The molecule has 0 bridgehead atoms. The third kappa shape index (κ3) is 4.67. The number of hydrogen-bond acceptors (Lipinski definition) is 4. The topological polar surface area (TPSA) is 63.8 Å². The van der Waals surface area contributed by atoms with Crippen molar-refractivity contribution >= 4 is 11.4 Å². The predicted molar refractivity (Wildman–Crippen MR) is 110 cm³/mol. The number of fused-ring (bicyclic) bond motifs is 1. The third-order valence-electron chi connectivity index (χ3n) is 5.18. The Morgan fingerprint density at radius 1 is 1.23 bits per heavy atom. The Balaban J connectivity index is 1.85. The third-order valence-corrected chi connectivity index (χ3v) is 5.18. The van der Waals surface area contributed by atoms with Gasteiger partial charge in [0.25, 0.3) is 0 Å². The second kappa shape index (κ2) is 9.80. The fourth-order valence-electron chi connectivity index (χ4n) is 3.53. The number of aryl methyl sites for hydroxylation is 1. The number of imidazole rings is 1. The number of aromatic nitrogens is 2. The molecule has 0 saturated carbocycles. The quantitative estimate of drug-likeness (QED) is 0.479. The number of unbranched alkanes of at least 4 members (excludes halogenated alkanes) is 1. The maximum Gasteiger partial charge on any atom is 0.181 e. The van der Waals surface area contributed by atoms with E-state index >= 15 is 0 Å². The molecule has 0 unspecified atom stereocenters. The number of halogens is 2. The fraction of sp³-hybridized carbons (Fsp3) is 0.391. The fourth-order valence-corrected chi connectivity index (χ4v) is 3.53. The Bertz CT molecular complexity index is 1010. The lowest BCUT2D eigenvalue weighted by Crippen LogP contribution is -2.15. The Kier molecular flexibility index (Phi) is 7.15. The Labute approximate surface area is 174 Å². The number of nitrogens with zero attached hydrogens (tertiary/aromatic N) is 2. The lowest BCUT2D eigenvalue weighted by atomic mass is 9.95. The van der Waals surface area contributed by atoms with Crippen molar-refractivity contribution < 1.29 is 23.4 Å². The van der Waals surface area contributed by atoms with E-state index in [1.807, 2.05) is 0 Å². The van der Waals surface area contributed by atoms with Crippen molar-refractivity contribution in [1.82, 2.24) is 9.38 Å². The van der Waals surface area contributed by atoms with Gasteiger partial charge in [0.1, 0.15) is 23.9 Å². The molecule has 0 saturated heterocycles. The SMILES string of the molecule is CCCC[C@H](CO)CC(=O)c1c(C)nc2c(OCc3c(F)cccc3F)cccn12. The average Bonchev–Trinajstić information content (AvgIpc) is 3.07. The number of carbonyl (C=O) groups excluding carboxylic acids is 1. The van der Waals surface area contributed by atoms with Crippen LogP contribution in [0.5, 0.6) is 5.75 Å². The Hall–Kier alpha value is -2.80. The number of aliphatic hydroxyl groups excluding tert-OH is 1. The monoisotopic (exact) mass is 416 g/mol. The molecule has 1 aromatic carbocycles. The van der Waals surface area contributed by atoms with Gasteiger partial charge in [-0.05, 0) is 43.5 Å². The van der Waals surface area contributed by atoms with Gasteiger partial charge in [-0.25, -0.2) is 13.8 Å². The van der Waals surface area contributed by atoms with Gasteiger partial charge in [0, 0.05) is 19.2 Å². The standard InChI is InChI=1S/C23H26F2N2O3/c1-3-4-7-16(13-28)12-20(29)22-15(2)26-23-21(10-6-11-27(22)23)30-14-17-18(24)8-5-9-19(17)25/h5-6,8-11,16,28H,3-4,7,12-14H2,1-2H3/t16-/m0/s1. The zero-order valence-electron chi connectivity index (χ0n) is 17.2. The van der Waals surface area contributed by atoms with E-state index in [4.69, 9.17) is 4.74 Å². The molecule has 2 heterocycles. The molecule has 0 aliphatic rings. The molecule has 160 valence electrons. The van der Waals surface area contributed by atoms with Crippen LogP contribution < -0.4 is 4.74 Å². The highest BCUT2D eigenvalue weighted by Gasteiger charge is 2.22. The van der Waals surface area contributed by atoms with Gasteiger partial charge in [0.05, 0.1) is 11.3 Å². The summed E-state index contributed by atoms with van der Waals surface area (Å²) in [6.07, 6.45) is 4.69. The molecule has 0 fully saturated rings. The summed E-state index contributed by atoms with van der Waals surface area (Å²) in [5.41, 5.74) is 1.22. The predicted octanol–water partition coefficient (Wildman–Crippen LogP) is 4.87. The molecule has 1 N–H and O–H groups in total. The van der Waals surface area contributed by atoms with Crippen molar-refractivity contribution in [1.29, 1.82) is 0 Å². The lowest BCUT2D eigenvalue weighted by molar-refractivity contribution is 0.0923. The summed E-state index contributed by atoms with van der Waals surface area (Å²) < 4.78 is 35.1. The van der Waals surface area contributed by atoms with Crippen molar-refractivity contribution in [3.63, 3.8) is 0 Å². The van der Waals surface area contributed by atoms with E-state index in [9.17, 15) is 18.7 Å². The van der Waals surface area contributed by atoms with E-state index in [2.05, 4.69) is 11.9 Å². The molecule has 0 aliphatic carbocycles. The number of carbonyl (C=O) groups is 1. The van der Waals surface area contributed by atoms with Crippen LogP contribution in [-0.4, -0.2) is 26.9 Å². The van der Waals surface area contributed by atoms with Crippen molar-refractivity contribution in [2.75, 3.05) is 6.61 Å². The van der Waals surface area contributed by atoms with Crippen molar-refractivity contribution in [3.05, 3.63) is 65.1 Å². The van der Waals surface area contributed by atoms with Gasteiger partial charge >= 0.3 is 0 Å². The minimum atomic E-state index is -0.681. The minimum Gasteiger partial charge on any atom is -0.485 e. The van der Waals surface area contributed by atoms with Crippen LogP contribution >= 0.6 is 0 Å². The van der Waals surface area contributed by atoms with Crippen molar-refractivity contribution in [2.24, 2.45) is 5.92 Å². The number of ether oxygens (including phenoxy) is 1. The molecule has 7 heteroatoms. The highest BCUT2D eigenvalue weighted by molar-refractivity contribution is 5.96. The van der Waals surface area contributed by atoms with E-state index in [0.717, 1.165) is 19.3 Å². The summed E-state index contributed by atoms with van der Waals surface area (Å²) in [6.45, 7) is 3.47. The smallest absolute Gasteiger partial charge is 0.181 e. The highest BCUT2D eigenvalue weighted by Crippen LogP contribution is 2.26. The van der Waals surface area contributed by atoms with Crippen LogP contribution in [-0.2, 0) is 6.61 Å². The van der Waals surface area contributed by atoms with Gasteiger partial charge in [-0.1, -0.05) is 25.8 Å². The molecular weight excluding hydrogens is 390 g/mol. The molecule has 0 radical (unpaired) electrons. The van der Waals surface area contributed by atoms with Gasteiger partial charge in [0.15, 0.2) is 17.2 Å². The van der Waals surface area contributed by atoms with E-state index in [1.54, 1.807) is 29.7 Å². The van der Waals surface area contributed by atoms with Gasteiger partial charge in [-0.15, -0.1) is 0 Å². The number of aliphatic hydroxyl groups is 1. The van der Waals surface area contributed by atoms with Gasteiger partial charge < -0.3 is 9.84 Å². The van der Waals surface area contributed by atoms with Gasteiger partial charge in [-0.3, -0.25) is 9.20 Å². The summed E-state index contributed by atoms with van der Waals surface area (Å²) in [5.74, 6) is -1.23. The second-order valence-corrected chi connectivity index (χ2v) is 7.42. The van der Waals surface area contributed by atoms with Crippen molar-refractivity contribution in [2.45, 2.75) is 46.1 Å². The highest BCUT2D eigenvalue weighted by atomic mass is 19.1. The number of rotatable bonds is 10. The molecular formula is C23H26F2N2O3. The van der Waals surface area contributed by atoms with Crippen LogP contribution in [0.2, 0.25) is 0 Å². The van der Waals surface area contributed by atoms with E-state index < -0.39 is 11.6 Å². The van der Waals surface area contributed by atoms with Crippen LogP contribution in [0.3, 0.4) is 0 Å². The summed E-state index contributed by atoms with van der Waals surface area (Å²) in [5, 5.41) is 9.59. The van der Waals surface area contributed by atoms with E-state index in [1.165, 1.54) is 18.2 Å². The van der Waals surface area contributed by atoms with Crippen LogP contribution in [0, 0.1) is 24.5 Å². The van der Waals surface area contributed by atoms with Gasteiger partial charge in [-0.2, -0.15) is 0 Å². The molecule has 2 aromatic heterocycles. The average molecular weight is 416 g/mol. The van der Waals surface area contributed by atoms with Crippen LogP contribution in [0.1, 0.15) is 54.4 Å². The van der Waals surface area contributed by atoms with Crippen molar-refractivity contribution in [3.8, 4) is 5.75 Å². The molecule has 5 nitrogen and oxygen atoms in total. The zero-order valence-corrected chi connectivity index (χ0v) is 17.2. The first-order valence-corrected chi connectivity index (χ1v) is 10.1. The normalized spacial score (nSPS) is 12.3. The first-order valence-electron chi connectivity index (χ1n) is 10.1. The summed E-state index contributed by atoms with van der Waals surface area (Å²) in [4.78, 5) is 17.4. The number of hydrogen-bond donors (Lipinski definition) is 1. The lowest BCUT2D eigenvalue weighted by Gasteiger charge is -2.13. The maximum absolute atomic E-state index is 13.9. The molecule has 30 heavy (non-hydrogen) atoms. The molecule has 0 aliphatic heterocycles. The Morgan fingerprint density at radius 2 is 1.97 bits per heavy atom. The minimum absolute atomic E-state index is 0.0376. The van der Waals surface area contributed by atoms with E-state index in [-0.39, 0.29) is 36.9 Å². The summed E-state index contributed by atoms with van der Waals surface area (Å²) >= 11 is 0. The molecule has 3 rings (SSSR count). The largest absolute Gasteiger partial charge is 0.485 e. The second-order valence-electron chi connectivity index (χ2n) is 7.42. The van der Waals surface area contributed by atoms with Gasteiger partial charge in [0.2, 0.25) is 0 Å². The zero-order chi connectivity index (χ0) is 21.7. The molecule has 0 amide bonds. The van der Waals surface area contributed by atoms with Crippen LogP contribution in [0.15, 0.2) is 36.5 Å². The Morgan fingerprint density at radius 3 is 2.63 bits per heavy atom. The number of Topliss-reactive ketones (excluding diaryl/α,β-unsaturated/α-hetero) is 1. The first kappa shape index (κ1) is 21.9. The number of ketones is 1. The number of pyridine rings is 1. The van der Waals surface area contributed by atoms with Crippen LogP contribution in [0.25, 0.3) is 5.65 Å². The summed E-state index contributed by atoms with van der Waals surface area (Å²) in [6, 6.07) is 6.99. The maximum atomic E-state index is 13.9.